The number of aryl methyl sites for hydroxylation is 1. The lowest BCUT2D eigenvalue weighted by atomic mass is 9.86. The number of thiazole rings is 1. The van der Waals surface area contributed by atoms with Gasteiger partial charge in [-0.15, -0.1) is 23.1 Å². The topological polar surface area (TPSA) is 71.1 Å². The normalized spacial score (nSPS) is 20.3. The largest absolute Gasteiger partial charge is 0.359 e. The van der Waals surface area contributed by atoms with Gasteiger partial charge in [0.25, 0.3) is 0 Å². The Bertz CT molecular complexity index is 1270. The van der Waals surface area contributed by atoms with Gasteiger partial charge in [-0.25, -0.2) is 18.1 Å². The first-order valence-corrected chi connectivity index (χ1v) is 15.4. The van der Waals surface area contributed by atoms with Crippen LogP contribution in [-0.2, 0) is 16.4 Å². The van der Waals surface area contributed by atoms with Crippen molar-refractivity contribution in [2.45, 2.75) is 47.9 Å². The third-order valence-corrected chi connectivity index (χ3v) is 10.8. The van der Waals surface area contributed by atoms with Crippen molar-refractivity contribution in [3.05, 3.63) is 57.4 Å². The summed E-state index contributed by atoms with van der Waals surface area (Å²) >= 11 is 15.8. The first-order valence-electron chi connectivity index (χ1n) is 11.3. The molecule has 34 heavy (non-hydrogen) atoms. The molecule has 1 aliphatic heterocycles. The van der Waals surface area contributed by atoms with E-state index in [0.29, 0.717) is 12.6 Å². The molecule has 0 saturated heterocycles. The highest BCUT2D eigenvalue weighted by molar-refractivity contribution is 7.99. The molecule has 0 atom stereocenters. The minimum absolute atomic E-state index is 0.0443. The van der Waals surface area contributed by atoms with Gasteiger partial charge in [-0.1, -0.05) is 47.5 Å². The highest BCUT2D eigenvalue weighted by atomic mass is 35.5. The second-order valence-electron chi connectivity index (χ2n) is 8.65. The van der Waals surface area contributed by atoms with Crippen molar-refractivity contribution in [2.24, 2.45) is 5.92 Å². The van der Waals surface area contributed by atoms with Crippen LogP contribution >= 0.6 is 46.3 Å². The summed E-state index contributed by atoms with van der Waals surface area (Å²) in [5.41, 5.74) is 2.35. The maximum atomic E-state index is 12.7. The van der Waals surface area contributed by atoms with Crippen molar-refractivity contribution in [2.75, 3.05) is 17.6 Å². The fourth-order valence-electron chi connectivity index (χ4n) is 4.56. The molecule has 2 aliphatic rings. The molecular formula is C24H25Cl2N3O2S3. The number of rotatable bonds is 6. The van der Waals surface area contributed by atoms with Gasteiger partial charge in [0.15, 0.2) is 5.13 Å². The van der Waals surface area contributed by atoms with Gasteiger partial charge in [-0.3, -0.25) is 0 Å². The van der Waals surface area contributed by atoms with Crippen molar-refractivity contribution >= 4 is 61.5 Å². The molecule has 0 spiro atoms. The van der Waals surface area contributed by atoms with E-state index in [1.807, 2.05) is 11.8 Å². The summed E-state index contributed by atoms with van der Waals surface area (Å²) in [4.78, 5) is 7.57. The molecule has 1 fully saturated rings. The Morgan fingerprint density at radius 2 is 1.74 bits per heavy atom. The SMILES string of the molecule is O=S(=O)(NCC1CCC(Nc2nc3c(s2)CCSc2ccccc2-3)CC1)c1c(Cl)cccc1Cl. The van der Waals surface area contributed by atoms with Gasteiger partial charge >= 0.3 is 0 Å². The summed E-state index contributed by atoms with van der Waals surface area (Å²) in [6.07, 6.45) is 4.89. The van der Waals surface area contributed by atoms with E-state index in [9.17, 15) is 8.42 Å². The molecule has 0 unspecified atom stereocenters. The van der Waals surface area contributed by atoms with Crippen LogP contribution in [0, 0.1) is 5.92 Å². The molecule has 0 radical (unpaired) electrons. The summed E-state index contributed by atoms with van der Waals surface area (Å²) in [5.74, 6) is 1.36. The van der Waals surface area contributed by atoms with E-state index in [0.717, 1.165) is 48.7 Å². The lowest BCUT2D eigenvalue weighted by Gasteiger charge is -2.29. The average Bonchev–Trinajstić information content (AvgIpc) is 3.13. The van der Waals surface area contributed by atoms with E-state index >= 15 is 0 Å². The van der Waals surface area contributed by atoms with Crippen LogP contribution in [0.2, 0.25) is 10.0 Å². The van der Waals surface area contributed by atoms with Gasteiger partial charge in [0.2, 0.25) is 10.0 Å². The number of hydrogen-bond acceptors (Lipinski definition) is 6. The molecule has 1 saturated carbocycles. The van der Waals surface area contributed by atoms with Gasteiger partial charge in [0.05, 0.1) is 15.7 Å². The molecule has 0 bridgehead atoms. The molecule has 5 rings (SSSR count). The van der Waals surface area contributed by atoms with Crippen LogP contribution in [0.15, 0.2) is 52.3 Å². The molecule has 2 aromatic carbocycles. The van der Waals surface area contributed by atoms with Crippen LogP contribution in [0.25, 0.3) is 11.3 Å². The quantitative estimate of drug-likeness (QED) is 0.354. The summed E-state index contributed by atoms with van der Waals surface area (Å²) in [6, 6.07) is 13.6. The van der Waals surface area contributed by atoms with Crippen molar-refractivity contribution in [1.29, 1.82) is 0 Å². The number of halogens is 2. The predicted molar refractivity (Wildman–Crippen MR) is 143 cm³/mol. The first kappa shape index (κ1) is 24.4. The van der Waals surface area contributed by atoms with Crippen LogP contribution in [0.4, 0.5) is 5.13 Å². The molecule has 3 aromatic rings. The molecule has 180 valence electrons. The van der Waals surface area contributed by atoms with Crippen LogP contribution in [0.1, 0.15) is 30.6 Å². The van der Waals surface area contributed by atoms with Gasteiger partial charge in [0, 0.05) is 33.7 Å². The molecule has 1 aliphatic carbocycles. The van der Waals surface area contributed by atoms with Gasteiger partial charge < -0.3 is 5.32 Å². The van der Waals surface area contributed by atoms with Gasteiger partial charge in [-0.2, -0.15) is 0 Å². The molecule has 10 heteroatoms. The van der Waals surface area contributed by atoms with E-state index in [1.165, 1.54) is 27.5 Å². The van der Waals surface area contributed by atoms with Crippen LogP contribution < -0.4 is 10.0 Å². The van der Waals surface area contributed by atoms with Crippen LogP contribution in [0.3, 0.4) is 0 Å². The lowest BCUT2D eigenvalue weighted by Crippen LogP contribution is -2.34. The third kappa shape index (κ3) is 5.27. The molecule has 2 N–H and O–H groups in total. The summed E-state index contributed by atoms with van der Waals surface area (Å²) in [7, 11) is -3.75. The number of thioether (sulfide) groups is 1. The number of aromatic nitrogens is 1. The predicted octanol–water partition coefficient (Wildman–Crippen LogP) is 6.71. The maximum absolute atomic E-state index is 12.7. The molecule has 2 heterocycles. The zero-order valence-electron chi connectivity index (χ0n) is 18.4. The third-order valence-electron chi connectivity index (χ3n) is 6.35. The van der Waals surface area contributed by atoms with Crippen LogP contribution in [-0.4, -0.2) is 31.7 Å². The fraction of sp³-hybridized carbons (Fsp3) is 0.375. The number of sulfonamides is 1. The summed E-state index contributed by atoms with van der Waals surface area (Å²) in [6.45, 7) is 0.386. The minimum atomic E-state index is -3.75. The van der Waals surface area contributed by atoms with E-state index in [-0.39, 0.29) is 20.9 Å². The van der Waals surface area contributed by atoms with Crippen molar-refractivity contribution in [3.63, 3.8) is 0 Å². The average molecular weight is 555 g/mol. The summed E-state index contributed by atoms with van der Waals surface area (Å²) < 4.78 is 28.2. The van der Waals surface area contributed by atoms with Crippen molar-refractivity contribution < 1.29 is 8.42 Å². The van der Waals surface area contributed by atoms with Gasteiger partial charge in [-0.05, 0) is 56.2 Å². The Morgan fingerprint density at radius 3 is 2.50 bits per heavy atom. The monoisotopic (exact) mass is 553 g/mol. The number of benzene rings is 2. The fourth-order valence-corrected chi connectivity index (χ4v) is 9.02. The van der Waals surface area contributed by atoms with E-state index in [1.54, 1.807) is 17.4 Å². The number of nitrogens with one attached hydrogen (secondary N) is 2. The number of hydrogen-bond donors (Lipinski definition) is 2. The van der Waals surface area contributed by atoms with Crippen molar-refractivity contribution in [3.8, 4) is 11.3 Å². The zero-order chi connectivity index (χ0) is 23.7. The Hall–Kier alpha value is -1.29. The smallest absolute Gasteiger partial charge is 0.243 e. The standard InChI is InChI=1S/C24H25Cl2N3O2S3/c25-18-5-3-6-19(26)23(18)34(30,31)27-14-15-8-10-16(11-9-15)28-24-29-22-17-4-1-2-7-20(17)32-13-12-21(22)33-24/h1-7,15-16,27H,8-14H2,(H,28,29). The second-order valence-corrected chi connectivity index (χ2v) is 13.4. The van der Waals surface area contributed by atoms with Crippen LogP contribution in [0.5, 0.6) is 0 Å². The van der Waals surface area contributed by atoms with E-state index in [2.05, 4.69) is 34.3 Å². The number of fused-ring (bicyclic) bond motifs is 3. The molecule has 5 nitrogen and oxygen atoms in total. The maximum Gasteiger partial charge on any atom is 0.243 e. The molecule has 0 amide bonds. The second kappa shape index (κ2) is 10.4. The highest BCUT2D eigenvalue weighted by Crippen LogP contribution is 2.41. The Balaban J connectivity index is 1.17. The number of nitrogens with zero attached hydrogens (tertiary/aromatic N) is 1. The van der Waals surface area contributed by atoms with E-state index < -0.39 is 10.0 Å². The first-order chi connectivity index (χ1) is 16.4. The Kier molecular flexibility index (Phi) is 7.44. The molecule has 1 aromatic heterocycles. The Labute approximate surface area is 218 Å². The zero-order valence-corrected chi connectivity index (χ0v) is 22.4. The molecular weight excluding hydrogens is 529 g/mol. The lowest BCUT2D eigenvalue weighted by molar-refractivity contribution is 0.337. The van der Waals surface area contributed by atoms with Crippen molar-refractivity contribution in [1.82, 2.24) is 9.71 Å². The van der Waals surface area contributed by atoms with Gasteiger partial charge in [0.1, 0.15) is 4.90 Å². The Morgan fingerprint density at radius 1 is 1.00 bits per heavy atom. The van der Waals surface area contributed by atoms with E-state index in [4.69, 9.17) is 28.2 Å². The highest BCUT2D eigenvalue weighted by Gasteiger charge is 2.27. The summed E-state index contributed by atoms with van der Waals surface area (Å²) in [5, 5.41) is 4.91. The number of anilines is 1. The minimum Gasteiger partial charge on any atom is -0.359 e.